The SMILES string of the molecule is CC1C(=O)OC(=O)C1I(C)C. The molecule has 2 unspecified atom stereocenters. The zero-order chi connectivity index (χ0) is 8.59. The molecule has 0 N–H and O–H groups in total. The maximum atomic E-state index is 11.0. The Balaban J connectivity index is 2.79. The molecule has 0 aromatic rings. The van der Waals surface area contributed by atoms with Crippen molar-refractivity contribution in [3.05, 3.63) is 0 Å². The standard InChI is InChI=1S/C7H11IO3/c1-4-5(8(2)3)7(10)11-6(4)9/h4-5H,1-3H3. The summed E-state index contributed by atoms with van der Waals surface area (Å²) in [7, 11) is 0. The third kappa shape index (κ3) is 1.55. The van der Waals surface area contributed by atoms with E-state index in [1.54, 1.807) is 6.92 Å². The van der Waals surface area contributed by atoms with E-state index in [1.807, 2.05) is 0 Å². The molecular weight excluding hydrogens is 259 g/mol. The number of alkyl halides is 3. The van der Waals surface area contributed by atoms with E-state index in [0.717, 1.165) is 0 Å². The number of carbonyl (C=O) groups is 2. The second kappa shape index (κ2) is 3.08. The Morgan fingerprint density at radius 3 is 2.00 bits per heavy atom. The minimum absolute atomic E-state index is 0.0771. The summed E-state index contributed by atoms with van der Waals surface area (Å²) in [5.41, 5.74) is 0. The summed E-state index contributed by atoms with van der Waals surface area (Å²) >= 11 is -1.23. The molecule has 0 aromatic heterocycles. The molecule has 11 heavy (non-hydrogen) atoms. The van der Waals surface area contributed by atoms with E-state index < -0.39 is 19.8 Å². The molecule has 4 heteroatoms. The van der Waals surface area contributed by atoms with Crippen molar-refractivity contribution in [2.45, 2.75) is 10.8 Å². The number of hydrogen-bond acceptors (Lipinski definition) is 3. The van der Waals surface area contributed by atoms with Gasteiger partial charge >= 0.3 is 72.7 Å². The van der Waals surface area contributed by atoms with Gasteiger partial charge in [0.2, 0.25) is 0 Å². The van der Waals surface area contributed by atoms with Gasteiger partial charge in [0.25, 0.3) is 0 Å². The van der Waals surface area contributed by atoms with Crippen molar-refractivity contribution in [2.24, 2.45) is 5.92 Å². The molecule has 3 nitrogen and oxygen atoms in total. The molecule has 1 saturated heterocycles. The Labute approximate surface area is 72.9 Å². The fourth-order valence-electron chi connectivity index (χ4n) is 1.13. The fraction of sp³-hybridized carbons (Fsp3) is 0.714. The van der Waals surface area contributed by atoms with Crippen LogP contribution in [0.5, 0.6) is 0 Å². The molecule has 1 aliphatic rings. The van der Waals surface area contributed by atoms with Crippen molar-refractivity contribution < 1.29 is 14.3 Å². The summed E-state index contributed by atoms with van der Waals surface area (Å²) in [5, 5.41) is 0. The first-order valence-electron chi connectivity index (χ1n) is 3.28. The Bertz CT molecular complexity index is 200. The fourth-order valence-corrected chi connectivity index (χ4v) is 4.72. The summed E-state index contributed by atoms with van der Waals surface area (Å²) in [6, 6.07) is 0. The van der Waals surface area contributed by atoms with Gasteiger partial charge in [-0.25, -0.2) is 0 Å². The number of hydrogen-bond donors (Lipinski definition) is 0. The second-order valence-electron chi connectivity index (χ2n) is 2.74. The van der Waals surface area contributed by atoms with E-state index in [9.17, 15) is 9.59 Å². The van der Waals surface area contributed by atoms with Crippen LogP contribution in [0.15, 0.2) is 0 Å². The summed E-state index contributed by atoms with van der Waals surface area (Å²) in [5.74, 6) is -0.827. The first kappa shape index (κ1) is 8.96. The van der Waals surface area contributed by atoms with E-state index in [1.165, 1.54) is 0 Å². The normalized spacial score (nSPS) is 32.1. The third-order valence-electron chi connectivity index (χ3n) is 1.71. The molecule has 2 atom stereocenters. The molecular formula is C7H11IO3. The first-order valence-corrected chi connectivity index (χ1v) is 8.84. The molecule has 0 spiro atoms. The van der Waals surface area contributed by atoms with Gasteiger partial charge in [0.15, 0.2) is 0 Å². The van der Waals surface area contributed by atoms with Gasteiger partial charge in [-0.05, 0) is 0 Å². The van der Waals surface area contributed by atoms with Gasteiger partial charge in [0, 0.05) is 0 Å². The quantitative estimate of drug-likeness (QED) is 0.307. The maximum absolute atomic E-state index is 11.0. The van der Waals surface area contributed by atoms with Crippen molar-refractivity contribution >= 4 is 31.8 Å². The number of ether oxygens (including phenoxy) is 1. The predicted octanol–water partition coefficient (Wildman–Crippen LogP) is 0.840. The van der Waals surface area contributed by atoms with Gasteiger partial charge in [-0.1, -0.05) is 0 Å². The zero-order valence-corrected chi connectivity index (χ0v) is 8.91. The molecule has 0 aliphatic carbocycles. The van der Waals surface area contributed by atoms with Crippen LogP contribution in [0, 0.1) is 5.92 Å². The second-order valence-corrected chi connectivity index (χ2v) is 8.74. The summed E-state index contributed by atoms with van der Waals surface area (Å²) in [6.07, 6.45) is 0. The topological polar surface area (TPSA) is 43.4 Å². The number of halogens is 1. The molecule has 0 aromatic carbocycles. The van der Waals surface area contributed by atoms with Crippen LogP contribution < -0.4 is 0 Å². The van der Waals surface area contributed by atoms with Crippen LogP contribution >= 0.6 is 19.8 Å². The van der Waals surface area contributed by atoms with Gasteiger partial charge in [-0.15, -0.1) is 0 Å². The van der Waals surface area contributed by atoms with Crippen LogP contribution in [0.4, 0.5) is 0 Å². The van der Waals surface area contributed by atoms with Crippen molar-refractivity contribution in [2.75, 3.05) is 9.86 Å². The molecule has 0 radical (unpaired) electrons. The average Bonchev–Trinajstić information content (AvgIpc) is 2.07. The van der Waals surface area contributed by atoms with Gasteiger partial charge < -0.3 is 0 Å². The van der Waals surface area contributed by atoms with E-state index >= 15 is 0 Å². The van der Waals surface area contributed by atoms with Crippen molar-refractivity contribution in [1.29, 1.82) is 0 Å². The van der Waals surface area contributed by atoms with Crippen molar-refractivity contribution in [3.63, 3.8) is 0 Å². The average molecular weight is 270 g/mol. The minimum atomic E-state index is -1.23. The summed E-state index contributed by atoms with van der Waals surface area (Å²) < 4.78 is 4.43. The number of carbonyl (C=O) groups excluding carboxylic acids is 2. The van der Waals surface area contributed by atoms with E-state index in [-0.39, 0.29) is 21.8 Å². The monoisotopic (exact) mass is 270 g/mol. The van der Waals surface area contributed by atoms with Crippen LogP contribution in [0.2, 0.25) is 0 Å². The predicted molar refractivity (Wildman–Crippen MR) is 49.9 cm³/mol. The third-order valence-corrected chi connectivity index (χ3v) is 5.98. The Morgan fingerprint density at radius 1 is 1.27 bits per heavy atom. The number of rotatable bonds is 1. The molecule has 0 saturated carbocycles. The van der Waals surface area contributed by atoms with Crippen LogP contribution in [0.1, 0.15) is 6.92 Å². The van der Waals surface area contributed by atoms with Crippen molar-refractivity contribution in [1.82, 2.24) is 0 Å². The summed E-state index contributed by atoms with van der Waals surface area (Å²) in [6.45, 7) is 1.77. The molecule has 1 aliphatic heterocycles. The molecule has 1 rings (SSSR count). The molecule has 1 heterocycles. The van der Waals surface area contributed by atoms with E-state index in [2.05, 4.69) is 14.6 Å². The van der Waals surface area contributed by atoms with Crippen LogP contribution in [0.3, 0.4) is 0 Å². The molecule has 0 bridgehead atoms. The van der Waals surface area contributed by atoms with E-state index in [4.69, 9.17) is 0 Å². The number of cyclic esters (lactones) is 2. The Kier molecular flexibility index (Phi) is 2.51. The Hall–Kier alpha value is -0.130. The zero-order valence-electron chi connectivity index (χ0n) is 6.76. The van der Waals surface area contributed by atoms with Gasteiger partial charge in [-0.2, -0.15) is 0 Å². The van der Waals surface area contributed by atoms with Gasteiger partial charge in [0.05, 0.1) is 0 Å². The van der Waals surface area contributed by atoms with Gasteiger partial charge in [-0.3, -0.25) is 0 Å². The van der Waals surface area contributed by atoms with Gasteiger partial charge in [0.1, 0.15) is 0 Å². The first-order chi connectivity index (χ1) is 5.04. The van der Waals surface area contributed by atoms with Crippen LogP contribution in [-0.2, 0) is 14.3 Å². The Morgan fingerprint density at radius 2 is 1.82 bits per heavy atom. The molecule has 0 amide bonds. The summed E-state index contributed by atoms with van der Waals surface area (Å²) in [4.78, 5) is 26.1. The molecule has 64 valence electrons. The van der Waals surface area contributed by atoms with E-state index in [0.29, 0.717) is 0 Å². The molecule has 1 fully saturated rings. The van der Waals surface area contributed by atoms with Crippen molar-refractivity contribution in [3.8, 4) is 0 Å². The van der Waals surface area contributed by atoms with Crippen LogP contribution in [0.25, 0.3) is 0 Å². The number of esters is 2. The van der Waals surface area contributed by atoms with Crippen LogP contribution in [-0.4, -0.2) is 25.7 Å².